The van der Waals surface area contributed by atoms with Gasteiger partial charge < -0.3 is 15.2 Å². The molecule has 0 aromatic carbocycles. The molecule has 2 atom stereocenters. The smallest absolute Gasteiger partial charge is 0.0897 e. The summed E-state index contributed by atoms with van der Waals surface area (Å²) in [5.41, 5.74) is 0. The first-order valence-corrected chi connectivity index (χ1v) is 5.07. The van der Waals surface area contributed by atoms with Crippen molar-refractivity contribution in [3.63, 3.8) is 0 Å². The van der Waals surface area contributed by atoms with Gasteiger partial charge in [-0.2, -0.15) is 0 Å². The third-order valence-electron chi connectivity index (χ3n) is 2.19. The molecule has 13 heavy (non-hydrogen) atoms. The summed E-state index contributed by atoms with van der Waals surface area (Å²) in [6, 6.07) is 0.441. The van der Waals surface area contributed by atoms with E-state index in [0.717, 1.165) is 0 Å². The van der Waals surface area contributed by atoms with Crippen molar-refractivity contribution in [3.8, 4) is 0 Å². The number of nitrogens with one attached hydrogen (secondary N) is 1. The number of rotatable bonds is 7. The molecule has 0 heterocycles. The summed E-state index contributed by atoms with van der Waals surface area (Å²) in [6.45, 7) is 10.1. The third kappa shape index (κ3) is 6.99. The molecule has 0 saturated heterocycles. The SMILES string of the molecule is CCOCC(O)CNC(C)C(C)C. The van der Waals surface area contributed by atoms with Crippen molar-refractivity contribution in [2.45, 2.75) is 39.8 Å². The van der Waals surface area contributed by atoms with E-state index in [1.807, 2.05) is 6.92 Å². The van der Waals surface area contributed by atoms with Crippen LogP contribution in [0, 0.1) is 5.92 Å². The lowest BCUT2D eigenvalue weighted by atomic mass is 10.1. The Bertz CT molecular complexity index is 117. The van der Waals surface area contributed by atoms with Crippen LogP contribution in [0.2, 0.25) is 0 Å². The molecular formula is C10H23NO2. The highest BCUT2D eigenvalue weighted by atomic mass is 16.5. The van der Waals surface area contributed by atoms with Crippen LogP contribution in [-0.4, -0.2) is 37.0 Å². The first-order chi connectivity index (χ1) is 6.07. The van der Waals surface area contributed by atoms with Gasteiger partial charge >= 0.3 is 0 Å². The van der Waals surface area contributed by atoms with Crippen molar-refractivity contribution in [3.05, 3.63) is 0 Å². The highest BCUT2D eigenvalue weighted by Crippen LogP contribution is 1.99. The van der Waals surface area contributed by atoms with Crippen molar-refractivity contribution in [2.24, 2.45) is 5.92 Å². The highest BCUT2D eigenvalue weighted by Gasteiger charge is 2.09. The monoisotopic (exact) mass is 189 g/mol. The van der Waals surface area contributed by atoms with Crippen molar-refractivity contribution in [2.75, 3.05) is 19.8 Å². The van der Waals surface area contributed by atoms with Crippen molar-refractivity contribution in [1.82, 2.24) is 5.32 Å². The molecule has 2 unspecified atom stereocenters. The molecule has 0 spiro atoms. The Morgan fingerprint density at radius 3 is 2.38 bits per heavy atom. The van der Waals surface area contributed by atoms with Crippen LogP contribution in [0.5, 0.6) is 0 Å². The predicted molar refractivity (Wildman–Crippen MR) is 54.8 cm³/mol. The van der Waals surface area contributed by atoms with Crippen LogP contribution in [0.3, 0.4) is 0 Å². The summed E-state index contributed by atoms with van der Waals surface area (Å²) in [4.78, 5) is 0. The zero-order valence-electron chi connectivity index (χ0n) is 9.21. The van der Waals surface area contributed by atoms with Crippen LogP contribution in [0.1, 0.15) is 27.7 Å². The molecule has 0 aromatic heterocycles. The molecule has 0 aromatic rings. The second kappa shape index (κ2) is 7.30. The molecule has 0 bridgehead atoms. The van der Waals surface area contributed by atoms with Gasteiger partial charge in [-0.1, -0.05) is 13.8 Å². The highest BCUT2D eigenvalue weighted by molar-refractivity contribution is 4.67. The van der Waals surface area contributed by atoms with Gasteiger partial charge in [0.15, 0.2) is 0 Å². The maximum absolute atomic E-state index is 9.42. The van der Waals surface area contributed by atoms with Crippen LogP contribution in [0.15, 0.2) is 0 Å². The van der Waals surface area contributed by atoms with Gasteiger partial charge in [0.2, 0.25) is 0 Å². The van der Waals surface area contributed by atoms with Crippen molar-refractivity contribution >= 4 is 0 Å². The van der Waals surface area contributed by atoms with Gasteiger partial charge in [0.1, 0.15) is 0 Å². The molecule has 0 saturated carbocycles. The topological polar surface area (TPSA) is 41.5 Å². The Morgan fingerprint density at radius 1 is 1.31 bits per heavy atom. The first-order valence-electron chi connectivity index (χ1n) is 5.07. The number of ether oxygens (including phenoxy) is 1. The summed E-state index contributed by atoms with van der Waals surface area (Å²) in [5.74, 6) is 0.597. The molecule has 0 amide bonds. The third-order valence-corrected chi connectivity index (χ3v) is 2.19. The Balaban J connectivity index is 3.40. The van der Waals surface area contributed by atoms with Crippen LogP contribution in [0.25, 0.3) is 0 Å². The quantitative estimate of drug-likeness (QED) is 0.628. The summed E-state index contributed by atoms with van der Waals surface area (Å²) < 4.78 is 5.10. The fourth-order valence-electron chi connectivity index (χ4n) is 0.870. The van der Waals surface area contributed by atoms with Gasteiger partial charge in [0, 0.05) is 19.2 Å². The molecule has 3 heteroatoms. The Kier molecular flexibility index (Phi) is 7.23. The lowest BCUT2D eigenvalue weighted by Crippen LogP contribution is -2.38. The molecule has 0 radical (unpaired) electrons. The number of aliphatic hydroxyl groups is 1. The Labute approximate surface area is 81.5 Å². The number of hydrogen-bond acceptors (Lipinski definition) is 3. The maximum Gasteiger partial charge on any atom is 0.0897 e. The number of aliphatic hydroxyl groups excluding tert-OH is 1. The first kappa shape index (κ1) is 12.9. The van der Waals surface area contributed by atoms with Gasteiger partial charge in [-0.3, -0.25) is 0 Å². The minimum absolute atomic E-state index is 0.388. The zero-order valence-corrected chi connectivity index (χ0v) is 9.21. The van der Waals surface area contributed by atoms with Gasteiger partial charge in [0.05, 0.1) is 12.7 Å². The van der Waals surface area contributed by atoms with E-state index in [9.17, 15) is 5.11 Å². The van der Waals surface area contributed by atoms with Crippen molar-refractivity contribution in [1.29, 1.82) is 0 Å². The summed E-state index contributed by atoms with van der Waals surface area (Å²) in [7, 11) is 0. The summed E-state index contributed by atoms with van der Waals surface area (Å²) in [6.07, 6.45) is -0.388. The normalized spacial score (nSPS) is 16.2. The van der Waals surface area contributed by atoms with E-state index >= 15 is 0 Å². The van der Waals surface area contributed by atoms with Gasteiger partial charge in [-0.15, -0.1) is 0 Å². The lowest BCUT2D eigenvalue weighted by molar-refractivity contribution is 0.0409. The second-order valence-corrected chi connectivity index (χ2v) is 3.75. The molecule has 0 fully saturated rings. The molecule has 0 aliphatic heterocycles. The molecule has 2 N–H and O–H groups in total. The molecule has 0 aliphatic carbocycles. The minimum atomic E-state index is -0.388. The Hall–Kier alpha value is -0.120. The predicted octanol–water partition coefficient (Wildman–Crippen LogP) is 1.02. The fourth-order valence-corrected chi connectivity index (χ4v) is 0.870. The van der Waals surface area contributed by atoms with E-state index in [1.54, 1.807) is 0 Å². The van der Waals surface area contributed by atoms with Crippen LogP contribution >= 0.6 is 0 Å². The average Bonchev–Trinajstić information content (AvgIpc) is 2.10. The molecular weight excluding hydrogens is 166 g/mol. The standard InChI is InChI=1S/C10H23NO2/c1-5-13-7-10(12)6-11-9(4)8(2)3/h8-12H,5-7H2,1-4H3. The molecule has 80 valence electrons. The van der Waals surface area contributed by atoms with E-state index < -0.39 is 0 Å². The second-order valence-electron chi connectivity index (χ2n) is 3.75. The van der Waals surface area contributed by atoms with Crippen LogP contribution in [-0.2, 0) is 4.74 Å². The van der Waals surface area contributed by atoms with Gasteiger partial charge in [-0.05, 0) is 19.8 Å². The summed E-state index contributed by atoms with van der Waals surface area (Å²) >= 11 is 0. The average molecular weight is 189 g/mol. The Morgan fingerprint density at radius 2 is 1.92 bits per heavy atom. The van der Waals surface area contributed by atoms with Crippen LogP contribution in [0.4, 0.5) is 0 Å². The van der Waals surface area contributed by atoms with E-state index in [4.69, 9.17) is 4.74 Å². The molecule has 0 rings (SSSR count). The zero-order chi connectivity index (χ0) is 10.3. The number of hydrogen-bond donors (Lipinski definition) is 2. The van der Waals surface area contributed by atoms with Gasteiger partial charge in [-0.25, -0.2) is 0 Å². The lowest BCUT2D eigenvalue weighted by Gasteiger charge is -2.19. The van der Waals surface area contributed by atoms with E-state index in [2.05, 4.69) is 26.1 Å². The van der Waals surface area contributed by atoms with Crippen molar-refractivity contribution < 1.29 is 9.84 Å². The maximum atomic E-state index is 9.42. The van der Waals surface area contributed by atoms with E-state index in [-0.39, 0.29) is 6.10 Å². The fraction of sp³-hybridized carbons (Fsp3) is 1.00. The van der Waals surface area contributed by atoms with Gasteiger partial charge in [0.25, 0.3) is 0 Å². The van der Waals surface area contributed by atoms with E-state index in [1.165, 1.54) is 0 Å². The summed E-state index contributed by atoms with van der Waals surface area (Å²) in [5, 5.41) is 12.7. The van der Waals surface area contributed by atoms with Crippen LogP contribution < -0.4 is 5.32 Å². The minimum Gasteiger partial charge on any atom is -0.389 e. The van der Waals surface area contributed by atoms with E-state index in [0.29, 0.717) is 31.7 Å². The molecule has 0 aliphatic rings. The molecule has 3 nitrogen and oxygen atoms in total. The largest absolute Gasteiger partial charge is 0.389 e.